The summed E-state index contributed by atoms with van der Waals surface area (Å²) >= 11 is 0. The number of fused-ring (bicyclic) bond motifs is 1. The van der Waals surface area contributed by atoms with Crippen LogP contribution < -0.4 is 5.32 Å². The largest absolute Gasteiger partial charge is 0.313 e. The maximum Gasteiger partial charge on any atom is 0.0892 e. The fourth-order valence-electron chi connectivity index (χ4n) is 2.52. The van der Waals surface area contributed by atoms with E-state index in [4.69, 9.17) is 0 Å². The molecule has 1 unspecified atom stereocenters. The normalized spacial score (nSPS) is 12.9. The molecule has 3 aromatic rings. The molecule has 0 amide bonds. The highest BCUT2D eigenvalue weighted by Crippen LogP contribution is 2.22. The van der Waals surface area contributed by atoms with E-state index in [1.807, 2.05) is 48.1 Å². The zero-order valence-electron chi connectivity index (χ0n) is 11.7. The number of nitrogens with one attached hydrogen (secondary N) is 1. The summed E-state index contributed by atoms with van der Waals surface area (Å²) in [5, 5.41) is 11.9. The Hall–Kier alpha value is -2.21. The molecule has 0 saturated carbocycles. The fourth-order valence-corrected chi connectivity index (χ4v) is 2.52. The molecule has 104 valence electrons. The van der Waals surface area contributed by atoms with Crippen LogP contribution in [0.25, 0.3) is 5.52 Å². The van der Waals surface area contributed by atoms with Crippen molar-refractivity contribution in [2.75, 3.05) is 7.05 Å². The number of hydrogen-bond donors (Lipinski definition) is 1. The molecule has 0 saturated heterocycles. The second-order valence-corrected chi connectivity index (χ2v) is 4.83. The van der Waals surface area contributed by atoms with Crippen LogP contribution in [0.5, 0.6) is 0 Å². The first-order chi connectivity index (χ1) is 9.79. The summed E-state index contributed by atoms with van der Waals surface area (Å²) in [6.07, 6.45) is 11.2. The monoisotopic (exact) mass is 270 g/mol. The van der Waals surface area contributed by atoms with Gasteiger partial charge in [-0.3, -0.25) is 9.67 Å². The van der Waals surface area contributed by atoms with Crippen molar-refractivity contribution in [2.45, 2.75) is 18.9 Å². The molecule has 0 aliphatic rings. The van der Waals surface area contributed by atoms with Crippen molar-refractivity contribution in [3.05, 3.63) is 48.3 Å². The van der Waals surface area contributed by atoms with Gasteiger partial charge in [0.2, 0.25) is 0 Å². The van der Waals surface area contributed by atoms with Crippen molar-refractivity contribution in [3.63, 3.8) is 0 Å². The Labute approximate surface area is 117 Å². The second-order valence-electron chi connectivity index (χ2n) is 4.83. The Morgan fingerprint density at radius 3 is 2.90 bits per heavy atom. The third-order valence-electron chi connectivity index (χ3n) is 3.69. The van der Waals surface area contributed by atoms with Crippen LogP contribution in [-0.4, -0.2) is 31.4 Å². The smallest absolute Gasteiger partial charge is 0.0892 e. The molecule has 0 radical (unpaired) electrons. The van der Waals surface area contributed by atoms with Gasteiger partial charge in [-0.1, -0.05) is 0 Å². The lowest BCUT2D eigenvalue weighted by atomic mass is 10.0. The number of hydrogen-bond acceptors (Lipinski definition) is 4. The van der Waals surface area contributed by atoms with Crippen LogP contribution in [0.1, 0.15) is 23.7 Å². The number of nitrogens with zero attached hydrogens (tertiary/aromatic N) is 5. The van der Waals surface area contributed by atoms with E-state index >= 15 is 0 Å². The highest BCUT2D eigenvalue weighted by molar-refractivity contribution is 5.53. The molecule has 3 aromatic heterocycles. The summed E-state index contributed by atoms with van der Waals surface area (Å²) in [4.78, 5) is 4.18. The Morgan fingerprint density at radius 2 is 2.15 bits per heavy atom. The molecule has 20 heavy (non-hydrogen) atoms. The summed E-state index contributed by atoms with van der Waals surface area (Å²) in [5.74, 6) is 0. The molecule has 0 aromatic carbocycles. The highest BCUT2D eigenvalue weighted by atomic mass is 15.3. The van der Waals surface area contributed by atoms with Crippen molar-refractivity contribution < 1.29 is 0 Å². The molecule has 0 fully saturated rings. The van der Waals surface area contributed by atoms with Crippen molar-refractivity contribution in [2.24, 2.45) is 7.05 Å². The van der Waals surface area contributed by atoms with Crippen LogP contribution in [0, 0.1) is 0 Å². The van der Waals surface area contributed by atoms with Gasteiger partial charge >= 0.3 is 0 Å². The van der Waals surface area contributed by atoms with Gasteiger partial charge < -0.3 is 5.32 Å². The van der Waals surface area contributed by atoms with Crippen LogP contribution in [0.2, 0.25) is 0 Å². The molecular formula is C14H18N6. The molecule has 0 aliphatic heterocycles. The minimum atomic E-state index is 0.256. The van der Waals surface area contributed by atoms with Crippen molar-refractivity contribution in [3.8, 4) is 0 Å². The van der Waals surface area contributed by atoms with Gasteiger partial charge in [-0.15, -0.1) is 0 Å². The molecule has 3 heterocycles. The van der Waals surface area contributed by atoms with E-state index in [9.17, 15) is 0 Å². The van der Waals surface area contributed by atoms with E-state index in [1.165, 1.54) is 11.3 Å². The van der Waals surface area contributed by atoms with Crippen LogP contribution >= 0.6 is 0 Å². The minimum absolute atomic E-state index is 0.256. The molecule has 0 spiro atoms. The lowest BCUT2D eigenvalue weighted by molar-refractivity contribution is 0.538. The van der Waals surface area contributed by atoms with E-state index in [1.54, 1.807) is 6.20 Å². The molecule has 6 heteroatoms. The summed E-state index contributed by atoms with van der Waals surface area (Å²) < 4.78 is 3.78. The number of rotatable bonds is 5. The summed E-state index contributed by atoms with van der Waals surface area (Å²) in [6, 6.07) is 2.32. The van der Waals surface area contributed by atoms with Gasteiger partial charge in [0.15, 0.2) is 0 Å². The fraction of sp³-hybridized carbons (Fsp3) is 0.357. The van der Waals surface area contributed by atoms with Gasteiger partial charge in [-0.05, 0) is 26.0 Å². The summed E-state index contributed by atoms with van der Waals surface area (Å²) in [6.45, 7) is 0. The third kappa shape index (κ3) is 2.30. The third-order valence-corrected chi connectivity index (χ3v) is 3.69. The maximum absolute atomic E-state index is 4.37. The van der Waals surface area contributed by atoms with Crippen LogP contribution in [0.15, 0.2) is 37.1 Å². The predicted octanol–water partition coefficient (Wildman–Crippen LogP) is 1.36. The summed E-state index contributed by atoms with van der Waals surface area (Å²) in [7, 11) is 3.96. The molecule has 0 bridgehead atoms. The molecule has 6 nitrogen and oxygen atoms in total. The average Bonchev–Trinajstić information content (AvgIpc) is 3.07. The quantitative estimate of drug-likeness (QED) is 0.760. The zero-order chi connectivity index (χ0) is 13.9. The van der Waals surface area contributed by atoms with E-state index in [0.717, 1.165) is 18.4 Å². The Bertz CT molecular complexity index is 698. The molecule has 1 atom stereocenters. The number of aryl methyl sites for hydroxylation is 2. The molecule has 1 N–H and O–H groups in total. The van der Waals surface area contributed by atoms with Gasteiger partial charge in [0, 0.05) is 42.9 Å². The van der Waals surface area contributed by atoms with Crippen molar-refractivity contribution in [1.29, 1.82) is 0 Å². The number of aromatic nitrogens is 5. The van der Waals surface area contributed by atoms with Crippen LogP contribution in [0.4, 0.5) is 0 Å². The van der Waals surface area contributed by atoms with Crippen molar-refractivity contribution >= 4 is 5.52 Å². The highest BCUT2D eigenvalue weighted by Gasteiger charge is 2.15. The SMILES string of the molecule is CNC(CCc1ccnn1C)c1cnn2ccncc12. The van der Waals surface area contributed by atoms with E-state index in [0.29, 0.717) is 0 Å². The average molecular weight is 270 g/mol. The zero-order valence-corrected chi connectivity index (χ0v) is 11.7. The Morgan fingerprint density at radius 1 is 1.25 bits per heavy atom. The Kier molecular flexibility index (Phi) is 3.47. The van der Waals surface area contributed by atoms with E-state index in [-0.39, 0.29) is 6.04 Å². The topological polar surface area (TPSA) is 60.0 Å². The Balaban J connectivity index is 1.81. The maximum atomic E-state index is 4.37. The lowest BCUT2D eigenvalue weighted by Crippen LogP contribution is -2.17. The van der Waals surface area contributed by atoms with Gasteiger partial charge in [-0.2, -0.15) is 10.2 Å². The molecule has 3 rings (SSSR count). The standard InChI is InChI=1S/C14H18N6/c1-15-13(4-3-11-5-6-17-19(11)2)12-9-18-20-8-7-16-10-14(12)20/h5-10,13,15H,3-4H2,1-2H3. The predicted molar refractivity (Wildman–Crippen MR) is 76.3 cm³/mol. The first-order valence-corrected chi connectivity index (χ1v) is 6.71. The lowest BCUT2D eigenvalue weighted by Gasteiger charge is -2.15. The first kappa shape index (κ1) is 12.8. The van der Waals surface area contributed by atoms with Crippen molar-refractivity contribution in [1.82, 2.24) is 29.7 Å². The van der Waals surface area contributed by atoms with E-state index in [2.05, 4.69) is 26.6 Å². The van der Waals surface area contributed by atoms with Gasteiger partial charge in [0.05, 0.1) is 17.9 Å². The van der Waals surface area contributed by atoms with Crippen LogP contribution in [-0.2, 0) is 13.5 Å². The van der Waals surface area contributed by atoms with Gasteiger partial charge in [0.1, 0.15) is 0 Å². The molecular weight excluding hydrogens is 252 g/mol. The van der Waals surface area contributed by atoms with Crippen LogP contribution in [0.3, 0.4) is 0 Å². The molecule has 0 aliphatic carbocycles. The summed E-state index contributed by atoms with van der Waals surface area (Å²) in [5.41, 5.74) is 3.47. The van der Waals surface area contributed by atoms with Gasteiger partial charge in [0.25, 0.3) is 0 Å². The minimum Gasteiger partial charge on any atom is -0.313 e. The first-order valence-electron chi connectivity index (χ1n) is 6.71. The van der Waals surface area contributed by atoms with E-state index < -0.39 is 0 Å². The second kappa shape index (κ2) is 5.42. The van der Waals surface area contributed by atoms with Gasteiger partial charge in [-0.25, -0.2) is 4.52 Å².